The van der Waals surface area contributed by atoms with Crippen molar-refractivity contribution in [1.82, 2.24) is 9.62 Å². The fraction of sp³-hybridized carbons (Fsp3) is 0.300. The minimum absolute atomic E-state index is 0.0378. The number of rotatable bonds is 7. The molecule has 0 spiro atoms. The van der Waals surface area contributed by atoms with Crippen LogP contribution >= 0.6 is 0 Å². The summed E-state index contributed by atoms with van der Waals surface area (Å²) in [5.41, 5.74) is 0.195. The molecule has 1 heterocycles. The summed E-state index contributed by atoms with van der Waals surface area (Å²) >= 11 is 0. The summed E-state index contributed by atoms with van der Waals surface area (Å²) < 4.78 is 33.0. The Labute approximate surface area is 169 Å². The Bertz CT molecular complexity index is 952. The number of sulfonamides is 1. The first-order valence-electron chi connectivity index (χ1n) is 9.18. The van der Waals surface area contributed by atoms with Gasteiger partial charge in [-0.25, -0.2) is 8.42 Å². The second kappa shape index (κ2) is 9.06. The SMILES string of the molecule is O=C(O)CNC(=O)c1ccc(S(=O)(=O)N2CCC(Oc3ccccc3)CC2)cc1. The first-order valence-corrected chi connectivity index (χ1v) is 10.6. The van der Waals surface area contributed by atoms with Crippen LogP contribution in [-0.2, 0) is 14.8 Å². The fourth-order valence-electron chi connectivity index (χ4n) is 3.07. The maximum Gasteiger partial charge on any atom is 0.322 e. The highest BCUT2D eigenvalue weighted by molar-refractivity contribution is 7.89. The van der Waals surface area contributed by atoms with Crippen molar-refractivity contribution in [3.8, 4) is 5.75 Å². The number of carboxylic acid groups (broad SMARTS) is 1. The lowest BCUT2D eigenvalue weighted by Crippen LogP contribution is -2.41. The molecular weight excluding hydrogens is 396 g/mol. The molecule has 1 fully saturated rings. The molecule has 8 nitrogen and oxygen atoms in total. The van der Waals surface area contributed by atoms with Gasteiger partial charge in [-0.1, -0.05) is 18.2 Å². The third-order valence-corrected chi connectivity index (χ3v) is 6.51. The van der Waals surface area contributed by atoms with E-state index in [1.165, 1.54) is 28.6 Å². The number of carbonyl (C=O) groups excluding carboxylic acids is 1. The molecule has 154 valence electrons. The first kappa shape index (κ1) is 20.8. The molecule has 1 aliphatic heterocycles. The molecule has 3 rings (SSSR count). The van der Waals surface area contributed by atoms with E-state index < -0.39 is 28.4 Å². The quantitative estimate of drug-likeness (QED) is 0.708. The first-order chi connectivity index (χ1) is 13.9. The molecule has 1 saturated heterocycles. The average molecular weight is 418 g/mol. The molecule has 0 unspecified atom stereocenters. The summed E-state index contributed by atoms with van der Waals surface area (Å²) in [6.45, 7) is 0.195. The molecule has 0 bridgehead atoms. The number of benzene rings is 2. The number of nitrogens with one attached hydrogen (secondary N) is 1. The van der Waals surface area contributed by atoms with E-state index in [0.717, 1.165) is 5.75 Å². The Morgan fingerprint density at radius 3 is 2.24 bits per heavy atom. The number of hydrogen-bond acceptors (Lipinski definition) is 5. The van der Waals surface area contributed by atoms with Crippen LogP contribution in [0.25, 0.3) is 0 Å². The maximum atomic E-state index is 12.9. The third kappa shape index (κ3) is 5.33. The summed E-state index contributed by atoms with van der Waals surface area (Å²) in [6.07, 6.45) is 1.14. The van der Waals surface area contributed by atoms with E-state index in [9.17, 15) is 18.0 Å². The number of nitrogens with zero attached hydrogens (tertiary/aromatic N) is 1. The van der Waals surface area contributed by atoms with Gasteiger partial charge in [-0.05, 0) is 49.2 Å². The fourth-order valence-corrected chi connectivity index (χ4v) is 4.54. The Kier molecular flexibility index (Phi) is 6.50. The van der Waals surface area contributed by atoms with E-state index in [1.807, 2.05) is 30.3 Å². The lowest BCUT2D eigenvalue weighted by Gasteiger charge is -2.31. The van der Waals surface area contributed by atoms with Gasteiger partial charge in [-0.2, -0.15) is 4.31 Å². The molecule has 1 aliphatic rings. The zero-order valence-electron chi connectivity index (χ0n) is 15.7. The van der Waals surface area contributed by atoms with Gasteiger partial charge < -0.3 is 15.2 Å². The van der Waals surface area contributed by atoms with Crippen molar-refractivity contribution in [1.29, 1.82) is 0 Å². The largest absolute Gasteiger partial charge is 0.490 e. The number of carbonyl (C=O) groups is 2. The Hall–Kier alpha value is -2.91. The Morgan fingerprint density at radius 1 is 1.03 bits per heavy atom. The van der Waals surface area contributed by atoms with Gasteiger partial charge in [0.25, 0.3) is 5.91 Å². The average Bonchev–Trinajstić information content (AvgIpc) is 2.73. The van der Waals surface area contributed by atoms with Crippen LogP contribution in [0.4, 0.5) is 0 Å². The second-order valence-electron chi connectivity index (χ2n) is 6.64. The highest BCUT2D eigenvalue weighted by Crippen LogP contribution is 2.24. The maximum absolute atomic E-state index is 12.9. The van der Waals surface area contributed by atoms with Crippen LogP contribution < -0.4 is 10.1 Å². The Morgan fingerprint density at radius 2 is 1.66 bits per heavy atom. The van der Waals surface area contributed by atoms with E-state index in [4.69, 9.17) is 9.84 Å². The second-order valence-corrected chi connectivity index (χ2v) is 8.57. The van der Waals surface area contributed by atoms with Gasteiger partial charge in [0.2, 0.25) is 10.0 Å². The number of ether oxygens (including phenoxy) is 1. The van der Waals surface area contributed by atoms with Crippen LogP contribution in [0.2, 0.25) is 0 Å². The summed E-state index contributed by atoms with van der Waals surface area (Å²) in [4.78, 5) is 22.5. The lowest BCUT2D eigenvalue weighted by atomic mass is 10.1. The monoisotopic (exact) mass is 418 g/mol. The third-order valence-electron chi connectivity index (χ3n) is 4.60. The molecule has 2 N–H and O–H groups in total. The van der Waals surface area contributed by atoms with E-state index >= 15 is 0 Å². The molecule has 0 aromatic heterocycles. The molecule has 2 aromatic rings. The van der Waals surface area contributed by atoms with Gasteiger partial charge in [0, 0.05) is 18.7 Å². The number of aliphatic carboxylic acids is 1. The van der Waals surface area contributed by atoms with Crippen molar-refractivity contribution in [2.24, 2.45) is 0 Å². The molecule has 0 radical (unpaired) electrons. The zero-order valence-corrected chi connectivity index (χ0v) is 16.5. The number of amides is 1. The van der Waals surface area contributed by atoms with Crippen LogP contribution in [0.3, 0.4) is 0 Å². The molecule has 0 aliphatic carbocycles. The predicted octanol–water partition coefficient (Wildman–Crippen LogP) is 1.73. The van der Waals surface area contributed by atoms with Gasteiger partial charge in [0.15, 0.2) is 0 Å². The standard InChI is InChI=1S/C20H22N2O6S/c23-19(24)14-21-20(25)15-6-8-18(9-7-15)29(26,27)22-12-10-17(11-13-22)28-16-4-2-1-3-5-16/h1-9,17H,10-14H2,(H,21,25)(H,23,24). The van der Waals surface area contributed by atoms with Crippen molar-refractivity contribution in [3.63, 3.8) is 0 Å². The molecule has 9 heteroatoms. The topological polar surface area (TPSA) is 113 Å². The van der Waals surface area contributed by atoms with Crippen LogP contribution in [0, 0.1) is 0 Å². The highest BCUT2D eigenvalue weighted by Gasteiger charge is 2.30. The van der Waals surface area contributed by atoms with E-state index in [2.05, 4.69) is 5.32 Å². The van der Waals surface area contributed by atoms with Crippen molar-refractivity contribution < 1.29 is 27.9 Å². The summed E-state index contributed by atoms with van der Waals surface area (Å²) in [7, 11) is -3.67. The number of para-hydroxylation sites is 1. The van der Waals surface area contributed by atoms with Crippen molar-refractivity contribution in [2.45, 2.75) is 23.8 Å². The molecular formula is C20H22N2O6S. The molecule has 29 heavy (non-hydrogen) atoms. The Balaban J connectivity index is 1.59. The van der Waals surface area contributed by atoms with E-state index in [1.54, 1.807) is 0 Å². The van der Waals surface area contributed by atoms with Crippen molar-refractivity contribution >= 4 is 21.9 Å². The predicted molar refractivity (Wildman–Crippen MR) is 105 cm³/mol. The zero-order chi connectivity index (χ0) is 20.9. The van der Waals surface area contributed by atoms with Crippen LogP contribution in [-0.4, -0.2) is 55.4 Å². The molecule has 1 amide bonds. The van der Waals surface area contributed by atoms with Gasteiger partial charge in [0.1, 0.15) is 18.4 Å². The smallest absolute Gasteiger partial charge is 0.322 e. The minimum atomic E-state index is -3.67. The number of piperidine rings is 1. The van der Waals surface area contributed by atoms with Crippen molar-refractivity contribution in [2.75, 3.05) is 19.6 Å². The molecule has 0 saturated carbocycles. The van der Waals surface area contributed by atoms with Gasteiger partial charge in [-0.15, -0.1) is 0 Å². The molecule has 0 atom stereocenters. The van der Waals surface area contributed by atoms with E-state index in [0.29, 0.717) is 25.9 Å². The highest BCUT2D eigenvalue weighted by atomic mass is 32.2. The van der Waals surface area contributed by atoms with Gasteiger partial charge >= 0.3 is 5.97 Å². The minimum Gasteiger partial charge on any atom is -0.490 e. The number of hydrogen-bond donors (Lipinski definition) is 2. The van der Waals surface area contributed by atoms with Crippen molar-refractivity contribution in [3.05, 3.63) is 60.2 Å². The summed E-state index contributed by atoms with van der Waals surface area (Å²) in [6, 6.07) is 14.9. The van der Waals surface area contributed by atoms with Crippen LogP contribution in [0.1, 0.15) is 23.2 Å². The molecule has 2 aromatic carbocycles. The van der Waals surface area contributed by atoms with Crippen LogP contribution in [0.5, 0.6) is 5.75 Å². The van der Waals surface area contributed by atoms with Crippen LogP contribution in [0.15, 0.2) is 59.5 Å². The van der Waals surface area contributed by atoms with E-state index in [-0.39, 0.29) is 16.6 Å². The summed E-state index contributed by atoms with van der Waals surface area (Å²) in [5.74, 6) is -0.960. The summed E-state index contributed by atoms with van der Waals surface area (Å²) in [5, 5.41) is 10.8. The lowest BCUT2D eigenvalue weighted by molar-refractivity contribution is -0.135. The van der Waals surface area contributed by atoms with Gasteiger partial charge in [0.05, 0.1) is 4.90 Å². The number of carboxylic acids is 1. The van der Waals surface area contributed by atoms with Gasteiger partial charge in [-0.3, -0.25) is 9.59 Å². The normalized spacial score (nSPS) is 15.6.